The first-order valence-corrected chi connectivity index (χ1v) is 11.0. The second-order valence-electron chi connectivity index (χ2n) is 6.73. The van der Waals surface area contributed by atoms with E-state index in [0.717, 1.165) is 12.0 Å². The van der Waals surface area contributed by atoms with Crippen molar-refractivity contribution in [3.63, 3.8) is 0 Å². The maximum Gasteiger partial charge on any atom is 0.271 e. The third kappa shape index (κ3) is 5.09. The molecule has 0 atom stereocenters. The van der Waals surface area contributed by atoms with E-state index in [1.165, 1.54) is 22.0 Å². The summed E-state index contributed by atoms with van der Waals surface area (Å²) in [6, 6.07) is 14.0. The van der Waals surface area contributed by atoms with Gasteiger partial charge in [0, 0.05) is 18.7 Å². The monoisotopic (exact) mass is 415 g/mol. The van der Waals surface area contributed by atoms with Crippen LogP contribution in [0, 0.1) is 0 Å². The number of amides is 1. The van der Waals surface area contributed by atoms with Gasteiger partial charge in [-0.1, -0.05) is 37.3 Å². The summed E-state index contributed by atoms with van der Waals surface area (Å²) < 4.78 is 32.1. The molecular formula is C21H25N3O4S. The van der Waals surface area contributed by atoms with Gasteiger partial charge in [0.25, 0.3) is 5.91 Å². The van der Waals surface area contributed by atoms with E-state index in [4.69, 9.17) is 4.74 Å². The summed E-state index contributed by atoms with van der Waals surface area (Å²) in [4.78, 5) is 12.6. The summed E-state index contributed by atoms with van der Waals surface area (Å²) in [6.45, 7) is 5.24. The van der Waals surface area contributed by atoms with Crippen LogP contribution < -0.4 is 5.43 Å². The molecule has 1 fully saturated rings. The van der Waals surface area contributed by atoms with Crippen LogP contribution >= 0.6 is 0 Å². The molecule has 1 aliphatic rings. The second kappa shape index (κ2) is 9.30. The van der Waals surface area contributed by atoms with E-state index < -0.39 is 15.9 Å². The van der Waals surface area contributed by atoms with Crippen LogP contribution in [0.2, 0.25) is 0 Å². The summed E-state index contributed by atoms with van der Waals surface area (Å²) in [5.41, 5.74) is 5.54. The first kappa shape index (κ1) is 21.2. The number of rotatable bonds is 6. The van der Waals surface area contributed by atoms with E-state index >= 15 is 0 Å². The molecule has 2 aromatic rings. The summed E-state index contributed by atoms with van der Waals surface area (Å²) >= 11 is 0. The predicted octanol–water partition coefficient (Wildman–Crippen LogP) is 2.42. The molecule has 3 rings (SSSR count). The van der Waals surface area contributed by atoms with Crippen molar-refractivity contribution in [3.8, 4) is 0 Å². The third-order valence-electron chi connectivity index (χ3n) is 4.81. The van der Waals surface area contributed by atoms with E-state index in [-0.39, 0.29) is 10.5 Å². The Bertz CT molecular complexity index is 995. The molecule has 0 aromatic heterocycles. The number of carbonyl (C=O) groups is 1. The standard InChI is InChI=1S/C21H25N3O4S/c1-3-17-7-9-18(10-8-17)16(2)22-23-21(25)19-5-4-6-20(15-19)29(26,27)24-11-13-28-14-12-24/h4-10,15H,3,11-14H2,1-2H3,(H,23,25)/b22-16-. The van der Waals surface area contributed by atoms with Crippen molar-refractivity contribution in [1.29, 1.82) is 0 Å². The number of hydrogen-bond donors (Lipinski definition) is 1. The summed E-state index contributed by atoms with van der Waals surface area (Å²) in [7, 11) is -3.66. The van der Waals surface area contributed by atoms with Crippen LogP contribution in [0.4, 0.5) is 0 Å². The van der Waals surface area contributed by atoms with Gasteiger partial charge in [0.2, 0.25) is 10.0 Å². The quantitative estimate of drug-likeness (QED) is 0.580. The number of benzene rings is 2. The molecule has 8 heteroatoms. The zero-order valence-corrected chi connectivity index (χ0v) is 17.4. The maximum atomic E-state index is 12.8. The van der Waals surface area contributed by atoms with E-state index in [1.54, 1.807) is 19.1 Å². The van der Waals surface area contributed by atoms with Gasteiger partial charge in [-0.05, 0) is 42.7 Å². The molecule has 154 valence electrons. The first-order chi connectivity index (χ1) is 13.9. The highest BCUT2D eigenvalue weighted by Crippen LogP contribution is 2.18. The molecule has 0 spiro atoms. The normalized spacial score (nSPS) is 15.9. The van der Waals surface area contributed by atoms with Gasteiger partial charge in [-0.25, -0.2) is 13.8 Å². The zero-order chi connectivity index (χ0) is 20.9. The number of aryl methyl sites for hydroxylation is 1. The third-order valence-corrected chi connectivity index (χ3v) is 6.70. The Balaban J connectivity index is 1.73. The molecule has 7 nitrogen and oxygen atoms in total. The highest BCUT2D eigenvalue weighted by atomic mass is 32.2. The first-order valence-electron chi connectivity index (χ1n) is 9.53. The predicted molar refractivity (Wildman–Crippen MR) is 112 cm³/mol. The van der Waals surface area contributed by atoms with Gasteiger partial charge in [0.15, 0.2) is 0 Å². The lowest BCUT2D eigenvalue weighted by atomic mass is 10.1. The van der Waals surface area contributed by atoms with Gasteiger partial charge in [-0.2, -0.15) is 9.41 Å². The van der Waals surface area contributed by atoms with Gasteiger partial charge < -0.3 is 4.74 Å². The SMILES string of the molecule is CCc1ccc(/C(C)=N\NC(=O)c2cccc(S(=O)(=O)N3CCOCC3)c2)cc1. The minimum absolute atomic E-state index is 0.0860. The Morgan fingerprint density at radius 3 is 2.45 bits per heavy atom. The highest BCUT2D eigenvalue weighted by molar-refractivity contribution is 7.89. The minimum atomic E-state index is -3.66. The number of sulfonamides is 1. The van der Waals surface area contributed by atoms with Crippen LogP contribution in [0.3, 0.4) is 0 Å². The number of hydrazone groups is 1. The molecule has 2 aromatic carbocycles. The molecule has 1 saturated heterocycles. The van der Waals surface area contributed by atoms with Crippen molar-refractivity contribution in [2.45, 2.75) is 25.2 Å². The maximum absolute atomic E-state index is 12.8. The summed E-state index contributed by atoms with van der Waals surface area (Å²) in [5, 5.41) is 4.15. The second-order valence-corrected chi connectivity index (χ2v) is 8.67. The minimum Gasteiger partial charge on any atom is -0.379 e. The molecule has 1 aliphatic heterocycles. The Labute approximate surface area is 171 Å². The molecular weight excluding hydrogens is 390 g/mol. The van der Waals surface area contributed by atoms with E-state index in [1.807, 2.05) is 24.3 Å². The molecule has 0 aliphatic carbocycles. The average molecular weight is 416 g/mol. The van der Waals surface area contributed by atoms with E-state index in [0.29, 0.717) is 32.0 Å². The fraction of sp³-hybridized carbons (Fsp3) is 0.333. The lowest BCUT2D eigenvalue weighted by Gasteiger charge is -2.26. The Morgan fingerprint density at radius 2 is 1.79 bits per heavy atom. The van der Waals surface area contributed by atoms with Crippen LogP contribution in [-0.4, -0.2) is 50.6 Å². The number of nitrogens with zero attached hydrogens (tertiary/aromatic N) is 2. The van der Waals surface area contributed by atoms with Crippen molar-refractivity contribution >= 4 is 21.6 Å². The van der Waals surface area contributed by atoms with Gasteiger partial charge in [0.1, 0.15) is 0 Å². The lowest BCUT2D eigenvalue weighted by Crippen LogP contribution is -2.40. The van der Waals surface area contributed by atoms with Crippen molar-refractivity contribution in [1.82, 2.24) is 9.73 Å². The fourth-order valence-electron chi connectivity index (χ4n) is 2.98. The summed E-state index contributed by atoms with van der Waals surface area (Å²) in [6.07, 6.45) is 0.955. The molecule has 0 bridgehead atoms. The van der Waals surface area contributed by atoms with Crippen LogP contribution in [0.1, 0.15) is 35.3 Å². The van der Waals surface area contributed by atoms with Gasteiger partial charge >= 0.3 is 0 Å². The largest absolute Gasteiger partial charge is 0.379 e. The molecule has 1 amide bonds. The van der Waals surface area contributed by atoms with Crippen LogP contribution in [0.5, 0.6) is 0 Å². The van der Waals surface area contributed by atoms with Crippen molar-refractivity contribution in [2.75, 3.05) is 26.3 Å². The number of ether oxygens (including phenoxy) is 1. The Hall–Kier alpha value is -2.55. The van der Waals surface area contributed by atoms with Crippen LogP contribution in [-0.2, 0) is 21.2 Å². The van der Waals surface area contributed by atoms with Gasteiger partial charge in [-0.15, -0.1) is 0 Å². The van der Waals surface area contributed by atoms with Crippen molar-refractivity contribution < 1.29 is 17.9 Å². The Morgan fingerprint density at radius 1 is 1.10 bits per heavy atom. The Kier molecular flexibility index (Phi) is 6.79. The molecule has 0 radical (unpaired) electrons. The van der Waals surface area contributed by atoms with Crippen molar-refractivity contribution in [2.24, 2.45) is 5.10 Å². The topological polar surface area (TPSA) is 88.1 Å². The molecule has 0 unspecified atom stereocenters. The molecule has 1 N–H and O–H groups in total. The number of morpholine rings is 1. The molecule has 1 heterocycles. The zero-order valence-electron chi connectivity index (χ0n) is 16.6. The highest BCUT2D eigenvalue weighted by Gasteiger charge is 2.26. The molecule has 0 saturated carbocycles. The van der Waals surface area contributed by atoms with Gasteiger partial charge in [-0.3, -0.25) is 4.79 Å². The number of hydrogen-bond acceptors (Lipinski definition) is 5. The van der Waals surface area contributed by atoms with Gasteiger partial charge in [0.05, 0.1) is 23.8 Å². The smallest absolute Gasteiger partial charge is 0.271 e. The van der Waals surface area contributed by atoms with E-state index in [2.05, 4.69) is 17.5 Å². The summed E-state index contributed by atoms with van der Waals surface area (Å²) in [5.74, 6) is -0.464. The number of nitrogens with one attached hydrogen (secondary N) is 1. The average Bonchev–Trinajstić information content (AvgIpc) is 2.78. The van der Waals surface area contributed by atoms with Crippen molar-refractivity contribution in [3.05, 3.63) is 65.2 Å². The lowest BCUT2D eigenvalue weighted by molar-refractivity contribution is 0.0730. The van der Waals surface area contributed by atoms with Crippen LogP contribution in [0.15, 0.2) is 58.5 Å². The fourth-order valence-corrected chi connectivity index (χ4v) is 4.43. The molecule has 29 heavy (non-hydrogen) atoms. The van der Waals surface area contributed by atoms with E-state index in [9.17, 15) is 13.2 Å². The number of carbonyl (C=O) groups excluding carboxylic acids is 1. The van der Waals surface area contributed by atoms with Crippen LogP contribution in [0.25, 0.3) is 0 Å².